The molecule has 0 aromatic carbocycles. The fraction of sp³-hybridized carbons (Fsp3) is 0.706. The van der Waals surface area contributed by atoms with Crippen molar-refractivity contribution < 1.29 is 19.7 Å². The minimum atomic E-state index is -0.922. The number of piperidine rings is 1. The van der Waals surface area contributed by atoms with Crippen molar-refractivity contribution >= 4 is 11.9 Å². The van der Waals surface area contributed by atoms with Gasteiger partial charge in [-0.1, -0.05) is 13.8 Å². The predicted molar refractivity (Wildman–Crippen MR) is 93.4 cm³/mol. The predicted octanol–water partition coefficient (Wildman–Crippen LogP) is 0.607. The first kappa shape index (κ1) is 19.6. The number of carbonyl (C=O) groups is 1. The quantitative estimate of drug-likeness (QED) is 0.736. The summed E-state index contributed by atoms with van der Waals surface area (Å²) < 4.78 is 5.20. The molecule has 140 valence electrons. The van der Waals surface area contributed by atoms with E-state index in [4.69, 9.17) is 9.84 Å². The molecule has 0 spiro atoms. The zero-order valence-electron chi connectivity index (χ0n) is 15.4. The number of ether oxygens (including phenoxy) is 1. The van der Waals surface area contributed by atoms with Crippen LogP contribution in [0.4, 0.5) is 5.95 Å². The maximum Gasteiger partial charge on any atom is 0.323 e. The van der Waals surface area contributed by atoms with E-state index < -0.39 is 11.6 Å². The van der Waals surface area contributed by atoms with E-state index in [0.29, 0.717) is 25.5 Å². The molecule has 2 N–H and O–H groups in total. The number of likely N-dealkylation sites (N-methyl/N-ethyl adjacent to an activating group) is 1. The van der Waals surface area contributed by atoms with Crippen molar-refractivity contribution in [1.82, 2.24) is 14.9 Å². The minimum absolute atomic E-state index is 0.141. The van der Waals surface area contributed by atoms with Gasteiger partial charge in [0.05, 0.1) is 12.2 Å². The summed E-state index contributed by atoms with van der Waals surface area (Å²) in [6, 6.07) is 0. The molecule has 25 heavy (non-hydrogen) atoms. The van der Waals surface area contributed by atoms with Crippen LogP contribution in [-0.4, -0.2) is 77.0 Å². The van der Waals surface area contributed by atoms with Crippen LogP contribution in [-0.2, 0) is 16.1 Å². The Bertz CT molecular complexity index is 593. The Labute approximate surface area is 148 Å². The summed E-state index contributed by atoms with van der Waals surface area (Å²) in [5.74, 6) is -0.533. The first-order valence-electron chi connectivity index (χ1n) is 8.34. The highest BCUT2D eigenvalue weighted by molar-refractivity contribution is 5.72. The van der Waals surface area contributed by atoms with Crippen molar-refractivity contribution in [3.63, 3.8) is 0 Å². The van der Waals surface area contributed by atoms with Gasteiger partial charge in [-0.25, -0.2) is 9.97 Å². The number of hydrogen-bond donors (Lipinski definition) is 2. The number of methoxy groups -OCH3 is 1. The third-order valence-electron chi connectivity index (χ3n) is 4.92. The molecule has 2 heterocycles. The molecule has 1 saturated heterocycles. The molecular formula is C17H28N4O4. The van der Waals surface area contributed by atoms with E-state index in [9.17, 15) is 9.90 Å². The molecule has 1 fully saturated rings. The lowest BCUT2D eigenvalue weighted by Crippen LogP contribution is -2.59. The molecule has 1 aromatic heterocycles. The number of rotatable bonds is 7. The highest BCUT2D eigenvalue weighted by Gasteiger charge is 2.47. The van der Waals surface area contributed by atoms with Crippen molar-refractivity contribution in [3.8, 4) is 0 Å². The largest absolute Gasteiger partial charge is 0.480 e. The molecule has 2 rings (SSSR count). The summed E-state index contributed by atoms with van der Waals surface area (Å²) in [7, 11) is 3.26. The zero-order valence-corrected chi connectivity index (χ0v) is 15.4. The smallest absolute Gasteiger partial charge is 0.323 e. The Morgan fingerprint density at radius 3 is 2.56 bits per heavy atom. The molecule has 1 atom stereocenters. The maximum absolute atomic E-state index is 10.8. The Morgan fingerprint density at radius 2 is 2.04 bits per heavy atom. The van der Waals surface area contributed by atoms with E-state index in [1.54, 1.807) is 26.6 Å². The highest BCUT2D eigenvalue weighted by Crippen LogP contribution is 2.39. The Kier molecular flexibility index (Phi) is 5.97. The average Bonchev–Trinajstić information content (AvgIpc) is 2.51. The molecule has 8 heteroatoms. The van der Waals surface area contributed by atoms with Crippen LogP contribution in [0.15, 0.2) is 12.4 Å². The van der Waals surface area contributed by atoms with Crippen LogP contribution in [0.2, 0.25) is 0 Å². The van der Waals surface area contributed by atoms with Crippen LogP contribution in [0.5, 0.6) is 0 Å². The second kappa shape index (κ2) is 7.63. The first-order chi connectivity index (χ1) is 11.7. The summed E-state index contributed by atoms with van der Waals surface area (Å²) in [6.07, 6.45) is 4.10. The number of carboxylic acids is 1. The fourth-order valence-electron chi connectivity index (χ4n) is 3.27. The van der Waals surface area contributed by atoms with Gasteiger partial charge >= 0.3 is 5.97 Å². The number of hydrogen-bond acceptors (Lipinski definition) is 7. The Morgan fingerprint density at radius 1 is 1.40 bits per heavy atom. The third kappa shape index (κ3) is 4.65. The standard InChI is InChI=1S/C17H28N4O4/c1-16(2)11-21(6-5-17(16,24)12-25-4)9-13-7-18-15(19-8-13)20(3)10-14(22)23/h7-8,24H,5-6,9-12H2,1-4H3,(H,22,23)/t17-/m1/s1. The van der Waals surface area contributed by atoms with Gasteiger partial charge in [-0.05, 0) is 6.42 Å². The molecule has 0 unspecified atom stereocenters. The molecular weight excluding hydrogens is 324 g/mol. The molecule has 1 aromatic rings. The van der Waals surface area contributed by atoms with E-state index >= 15 is 0 Å². The molecule has 0 aliphatic carbocycles. The van der Waals surface area contributed by atoms with Gasteiger partial charge < -0.3 is 19.8 Å². The van der Waals surface area contributed by atoms with Crippen molar-refractivity contribution in [2.75, 3.05) is 45.3 Å². The second-order valence-corrected chi connectivity index (χ2v) is 7.45. The van der Waals surface area contributed by atoms with Gasteiger partial charge in [0.2, 0.25) is 5.95 Å². The van der Waals surface area contributed by atoms with Gasteiger partial charge in [-0.15, -0.1) is 0 Å². The van der Waals surface area contributed by atoms with Gasteiger partial charge in [-0.2, -0.15) is 0 Å². The van der Waals surface area contributed by atoms with Crippen molar-refractivity contribution in [2.24, 2.45) is 5.41 Å². The number of likely N-dealkylation sites (tertiary alicyclic amines) is 1. The van der Waals surface area contributed by atoms with Gasteiger partial charge in [0.25, 0.3) is 0 Å². The van der Waals surface area contributed by atoms with E-state index in [0.717, 1.165) is 18.7 Å². The number of anilines is 1. The molecule has 8 nitrogen and oxygen atoms in total. The van der Waals surface area contributed by atoms with Crippen LogP contribution in [0.3, 0.4) is 0 Å². The van der Waals surface area contributed by atoms with Gasteiger partial charge in [0.15, 0.2) is 0 Å². The van der Waals surface area contributed by atoms with Crippen LogP contribution in [0.1, 0.15) is 25.8 Å². The maximum atomic E-state index is 10.8. The monoisotopic (exact) mass is 352 g/mol. The number of aliphatic hydroxyl groups is 1. The van der Waals surface area contributed by atoms with Crippen molar-refractivity contribution in [2.45, 2.75) is 32.4 Å². The molecule has 1 aliphatic rings. The lowest BCUT2D eigenvalue weighted by molar-refractivity contribution is -0.151. The lowest BCUT2D eigenvalue weighted by Gasteiger charge is -2.50. The van der Waals surface area contributed by atoms with Crippen molar-refractivity contribution in [3.05, 3.63) is 18.0 Å². The molecule has 1 aliphatic heterocycles. The molecule has 0 saturated carbocycles. The van der Waals surface area contributed by atoms with E-state index in [1.165, 1.54) is 4.90 Å². The van der Waals surface area contributed by atoms with Crippen molar-refractivity contribution in [1.29, 1.82) is 0 Å². The normalized spacial score (nSPS) is 23.4. The minimum Gasteiger partial charge on any atom is -0.480 e. The zero-order chi connectivity index (χ0) is 18.7. The van der Waals surface area contributed by atoms with Gasteiger partial charge in [-0.3, -0.25) is 9.69 Å². The molecule has 0 radical (unpaired) electrons. The SMILES string of the molecule is COC[C@]1(O)CCN(Cc2cnc(N(C)CC(=O)O)nc2)CC1(C)C. The van der Waals surface area contributed by atoms with Gasteiger partial charge in [0, 0.05) is 57.2 Å². The number of aliphatic carboxylic acids is 1. The second-order valence-electron chi connectivity index (χ2n) is 7.45. The lowest BCUT2D eigenvalue weighted by atomic mass is 9.70. The third-order valence-corrected chi connectivity index (χ3v) is 4.92. The summed E-state index contributed by atoms with van der Waals surface area (Å²) >= 11 is 0. The summed E-state index contributed by atoms with van der Waals surface area (Å²) in [6.45, 7) is 6.50. The number of carboxylic acid groups (broad SMARTS) is 1. The number of nitrogens with zero attached hydrogens (tertiary/aromatic N) is 4. The highest BCUT2D eigenvalue weighted by atomic mass is 16.5. The summed E-state index contributed by atoms with van der Waals surface area (Å²) in [5, 5.41) is 19.6. The topological polar surface area (TPSA) is 99.0 Å². The number of aromatic nitrogens is 2. The van der Waals surface area contributed by atoms with Crippen LogP contribution < -0.4 is 4.90 Å². The molecule has 0 amide bonds. The Hall–Kier alpha value is -1.77. The Balaban J connectivity index is 1.98. The van der Waals surface area contributed by atoms with Crippen LogP contribution >= 0.6 is 0 Å². The summed E-state index contributed by atoms with van der Waals surface area (Å²) in [4.78, 5) is 23.0. The fourth-order valence-corrected chi connectivity index (χ4v) is 3.27. The van der Waals surface area contributed by atoms with Gasteiger partial charge in [0.1, 0.15) is 6.54 Å². The average molecular weight is 352 g/mol. The first-order valence-corrected chi connectivity index (χ1v) is 8.34. The molecule has 0 bridgehead atoms. The van der Waals surface area contributed by atoms with E-state index in [-0.39, 0.29) is 12.0 Å². The van der Waals surface area contributed by atoms with E-state index in [2.05, 4.69) is 28.7 Å². The van der Waals surface area contributed by atoms with E-state index in [1.807, 2.05) is 0 Å². The van der Waals surface area contributed by atoms with Crippen LogP contribution in [0.25, 0.3) is 0 Å². The summed E-state index contributed by atoms with van der Waals surface area (Å²) in [5.41, 5.74) is -0.150. The van der Waals surface area contributed by atoms with Crippen LogP contribution in [0, 0.1) is 5.41 Å².